The summed E-state index contributed by atoms with van der Waals surface area (Å²) >= 11 is 0. The van der Waals surface area contributed by atoms with Gasteiger partial charge in [-0.15, -0.1) is 0 Å². The lowest BCUT2D eigenvalue weighted by Gasteiger charge is -2.54. The molecule has 0 saturated carbocycles. The second kappa shape index (κ2) is 6.58. The number of carbonyl (C=O) groups excluding carboxylic acids is 1. The van der Waals surface area contributed by atoms with E-state index >= 15 is 0 Å². The Morgan fingerprint density at radius 3 is 2.90 bits per heavy atom. The molecule has 2 aromatic carbocycles. The van der Waals surface area contributed by atoms with Crippen molar-refractivity contribution in [3.05, 3.63) is 65.0 Å². The molecule has 1 fully saturated rings. The molecule has 7 heteroatoms. The van der Waals surface area contributed by atoms with Crippen molar-refractivity contribution >= 4 is 22.8 Å². The van der Waals surface area contributed by atoms with E-state index < -0.39 is 0 Å². The third kappa shape index (κ3) is 2.61. The number of nitrogens with zero attached hydrogens (tertiary/aromatic N) is 3. The molecule has 5 rings (SSSR count). The van der Waals surface area contributed by atoms with Crippen molar-refractivity contribution in [2.75, 3.05) is 6.54 Å². The number of amidine groups is 1. The number of fused-ring (bicyclic) bond motifs is 5. The van der Waals surface area contributed by atoms with Gasteiger partial charge in [-0.3, -0.25) is 4.79 Å². The molecule has 0 spiro atoms. The van der Waals surface area contributed by atoms with E-state index in [-0.39, 0.29) is 23.2 Å². The van der Waals surface area contributed by atoms with Gasteiger partial charge in [-0.25, -0.2) is 4.98 Å². The Bertz CT molecular complexity index is 1180. The Kier molecular flexibility index (Phi) is 4.10. The number of carbonyl (C=O) groups is 1. The number of likely N-dealkylation sites (tertiary alicyclic amines) is 1. The third-order valence-electron chi connectivity index (χ3n) is 7.34. The molecule has 1 aliphatic heterocycles. The summed E-state index contributed by atoms with van der Waals surface area (Å²) in [6.45, 7) is 5.22. The number of nitrogens with one attached hydrogen (secondary N) is 1. The van der Waals surface area contributed by atoms with Crippen LogP contribution in [0, 0.1) is 5.92 Å². The maximum Gasteiger partial charge on any atom is 0.254 e. The zero-order valence-electron chi connectivity index (χ0n) is 17.1. The normalized spacial score (nSPS) is 25.9. The standard InChI is InChI=1S/C23H25N5O2/c1-13-20-11-14-3-4-15(21(24)27-30)9-17(14)23(13,2)7-8-28(20)22(29)16-5-6-18-19(10-16)26-12-25-18/h3-6,9-10,12-13,20,30H,7-8,11H2,1-2H3,(H2,24,27)(H,25,26). The van der Waals surface area contributed by atoms with Crippen molar-refractivity contribution in [2.45, 2.75) is 38.1 Å². The molecule has 1 amide bonds. The van der Waals surface area contributed by atoms with Gasteiger partial charge in [0.2, 0.25) is 0 Å². The molecule has 3 aromatic rings. The average molecular weight is 403 g/mol. The van der Waals surface area contributed by atoms with Gasteiger partial charge in [-0.2, -0.15) is 0 Å². The highest BCUT2D eigenvalue weighted by Gasteiger charge is 2.49. The fourth-order valence-corrected chi connectivity index (χ4v) is 5.32. The highest BCUT2D eigenvalue weighted by Crippen LogP contribution is 2.49. The third-order valence-corrected chi connectivity index (χ3v) is 7.34. The summed E-state index contributed by atoms with van der Waals surface area (Å²) in [5, 5.41) is 12.2. The predicted octanol–water partition coefficient (Wildman–Crippen LogP) is 3.02. The Hall–Kier alpha value is -3.35. The number of oxime groups is 1. The number of rotatable bonds is 2. The largest absolute Gasteiger partial charge is 0.409 e. The molecule has 3 unspecified atom stereocenters. The fraction of sp³-hybridized carbons (Fsp3) is 0.348. The van der Waals surface area contributed by atoms with Crippen molar-refractivity contribution in [3.8, 4) is 0 Å². The number of aromatic amines is 1. The van der Waals surface area contributed by atoms with Crippen LogP contribution in [0.1, 0.15) is 47.3 Å². The molecule has 7 nitrogen and oxygen atoms in total. The number of hydrogen-bond acceptors (Lipinski definition) is 4. The van der Waals surface area contributed by atoms with Gasteiger partial charge in [0.15, 0.2) is 5.84 Å². The average Bonchev–Trinajstić information content (AvgIpc) is 3.23. The predicted molar refractivity (Wildman–Crippen MR) is 115 cm³/mol. The number of imidazole rings is 1. The second-order valence-corrected chi connectivity index (χ2v) is 8.72. The van der Waals surface area contributed by atoms with Gasteiger partial charge >= 0.3 is 0 Å². The molecule has 1 aliphatic carbocycles. The van der Waals surface area contributed by atoms with E-state index in [9.17, 15) is 4.79 Å². The zero-order valence-corrected chi connectivity index (χ0v) is 17.1. The van der Waals surface area contributed by atoms with Crippen LogP contribution in [0.4, 0.5) is 0 Å². The first-order valence-electron chi connectivity index (χ1n) is 10.3. The maximum absolute atomic E-state index is 13.4. The van der Waals surface area contributed by atoms with Gasteiger partial charge in [0.1, 0.15) is 0 Å². The Morgan fingerprint density at radius 2 is 2.10 bits per heavy atom. The minimum absolute atomic E-state index is 0.0614. The highest BCUT2D eigenvalue weighted by atomic mass is 16.4. The Labute approximate surface area is 174 Å². The summed E-state index contributed by atoms with van der Waals surface area (Å²) in [4.78, 5) is 22.8. The zero-order chi connectivity index (χ0) is 21.0. The molecule has 2 aliphatic rings. The maximum atomic E-state index is 13.4. The van der Waals surface area contributed by atoms with Gasteiger partial charge in [0, 0.05) is 23.7 Å². The van der Waals surface area contributed by atoms with E-state index in [0.717, 1.165) is 29.4 Å². The molecule has 3 atom stereocenters. The number of piperidine rings is 1. The lowest BCUT2D eigenvalue weighted by molar-refractivity contribution is 0.0250. The second-order valence-electron chi connectivity index (χ2n) is 8.72. The molecule has 154 valence electrons. The van der Waals surface area contributed by atoms with Crippen LogP contribution in [0.3, 0.4) is 0 Å². The molecule has 2 heterocycles. The SMILES string of the molecule is CC1C2Cc3ccc(/C(N)=N/O)cc3C1(C)CCN2C(=O)c1ccc2nc[nH]c2c1. The van der Waals surface area contributed by atoms with Crippen LogP contribution in [0.2, 0.25) is 0 Å². The first-order valence-corrected chi connectivity index (χ1v) is 10.3. The molecular weight excluding hydrogens is 378 g/mol. The van der Waals surface area contributed by atoms with Gasteiger partial charge in [-0.1, -0.05) is 31.1 Å². The van der Waals surface area contributed by atoms with Crippen LogP contribution in [0.25, 0.3) is 11.0 Å². The van der Waals surface area contributed by atoms with Crippen LogP contribution in [0.5, 0.6) is 0 Å². The quantitative estimate of drug-likeness (QED) is 0.265. The van der Waals surface area contributed by atoms with E-state index in [1.807, 2.05) is 29.2 Å². The van der Waals surface area contributed by atoms with Crippen LogP contribution < -0.4 is 5.73 Å². The van der Waals surface area contributed by atoms with Crippen LogP contribution in [-0.2, 0) is 11.8 Å². The van der Waals surface area contributed by atoms with Crippen LogP contribution in [0.15, 0.2) is 47.9 Å². The summed E-state index contributed by atoms with van der Waals surface area (Å²) in [6.07, 6.45) is 3.32. The first kappa shape index (κ1) is 18.7. The highest BCUT2D eigenvalue weighted by molar-refractivity contribution is 5.98. The van der Waals surface area contributed by atoms with Crippen molar-refractivity contribution in [1.82, 2.24) is 14.9 Å². The van der Waals surface area contributed by atoms with Crippen LogP contribution >= 0.6 is 0 Å². The fourth-order valence-electron chi connectivity index (χ4n) is 5.32. The number of amides is 1. The molecule has 1 saturated heterocycles. The molecule has 1 aromatic heterocycles. The number of H-pyrrole nitrogens is 1. The molecule has 30 heavy (non-hydrogen) atoms. The number of aromatic nitrogens is 2. The monoisotopic (exact) mass is 403 g/mol. The Morgan fingerprint density at radius 1 is 1.30 bits per heavy atom. The van der Waals surface area contributed by atoms with Gasteiger partial charge in [-0.05, 0) is 59.6 Å². The summed E-state index contributed by atoms with van der Waals surface area (Å²) in [7, 11) is 0. The van der Waals surface area contributed by atoms with Crippen molar-refractivity contribution in [2.24, 2.45) is 16.8 Å². The van der Waals surface area contributed by atoms with E-state index in [4.69, 9.17) is 10.9 Å². The van der Waals surface area contributed by atoms with E-state index in [1.54, 1.807) is 6.33 Å². The van der Waals surface area contributed by atoms with Gasteiger partial charge in [0.05, 0.1) is 17.4 Å². The molecule has 0 radical (unpaired) electrons. The van der Waals surface area contributed by atoms with E-state index in [0.29, 0.717) is 18.0 Å². The van der Waals surface area contributed by atoms with Gasteiger partial charge < -0.3 is 20.8 Å². The Balaban J connectivity index is 1.51. The van der Waals surface area contributed by atoms with Crippen molar-refractivity contribution in [3.63, 3.8) is 0 Å². The summed E-state index contributed by atoms with van der Waals surface area (Å²) < 4.78 is 0. The molecule has 2 bridgehead atoms. The topological polar surface area (TPSA) is 108 Å². The smallest absolute Gasteiger partial charge is 0.254 e. The van der Waals surface area contributed by atoms with Gasteiger partial charge in [0.25, 0.3) is 5.91 Å². The van der Waals surface area contributed by atoms with Crippen LogP contribution in [-0.4, -0.2) is 44.4 Å². The lowest BCUT2D eigenvalue weighted by atomic mass is 9.58. The van der Waals surface area contributed by atoms with E-state index in [1.165, 1.54) is 11.1 Å². The summed E-state index contributed by atoms with van der Waals surface area (Å²) in [5.74, 6) is 0.487. The minimum Gasteiger partial charge on any atom is -0.409 e. The first-order chi connectivity index (χ1) is 14.4. The number of nitrogens with two attached hydrogens (primary N) is 1. The van der Waals surface area contributed by atoms with E-state index in [2.05, 4.69) is 41.1 Å². The molecular formula is C23H25N5O2. The van der Waals surface area contributed by atoms with Crippen molar-refractivity contribution in [1.29, 1.82) is 0 Å². The lowest BCUT2D eigenvalue weighted by Crippen LogP contribution is -2.59. The number of hydrogen-bond donors (Lipinski definition) is 3. The summed E-state index contributed by atoms with van der Waals surface area (Å²) in [5.41, 5.74) is 11.4. The van der Waals surface area contributed by atoms with Crippen molar-refractivity contribution < 1.29 is 10.0 Å². The number of benzene rings is 2. The minimum atomic E-state index is -0.0614. The molecule has 4 N–H and O–H groups in total. The summed E-state index contributed by atoms with van der Waals surface area (Å²) in [6, 6.07) is 11.8.